The Labute approximate surface area is 148 Å². The zero-order valence-corrected chi connectivity index (χ0v) is 14.7. The number of hydrogen-bond acceptors (Lipinski definition) is 6. The minimum absolute atomic E-state index is 0.748. The summed E-state index contributed by atoms with van der Waals surface area (Å²) in [6.45, 7) is 3.90. The van der Waals surface area contributed by atoms with Crippen molar-refractivity contribution in [2.45, 2.75) is 0 Å². The first-order valence-electron chi connectivity index (χ1n) is 7.41. The van der Waals surface area contributed by atoms with Crippen molar-refractivity contribution >= 4 is 44.5 Å². The molecular weight excluding hydrogens is 348 g/mol. The molecule has 118 valence electrons. The Balaban J connectivity index is 1.47. The molecule has 0 amide bonds. The van der Waals surface area contributed by atoms with Gasteiger partial charge in [0.1, 0.15) is 0 Å². The van der Waals surface area contributed by atoms with Crippen molar-refractivity contribution in [3.05, 3.63) is 46.2 Å². The molecule has 7 heteroatoms. The third-order valence-corrected chi connectivity index (χ3v) is 5.95. The van der Waals surface area contributed by atoms with Crippen LogP contribution in [-0.2, 0) is 0 Å². The molecule has 0 spiro atoms. The number of halogens is 1. The molecule has 3 heterocycles. The van der Waals surface area contributed by atoms with Gasteiger partial charge < -0.3 is 9.80 Å². The number of nitrogens with zero attached hydrogens (tertiary/aromatic N) is 4. The second-order valence-electron chi connectivity index (χ2n) is 5.28. The van der Waals surface area contributed by atoms with E-state index in [4.69, 9.17) is 16.6 Å². The number of aromatic nitrogens is 2. The van der Waals surface area contributed by atoms with Crippen molar-refractivity contribution in [1.29, 1.82) is 0 Å². The number of hydrogen-bond donors (Lipinski definition) is 0. The Hall–Kier alpha value is -1.63. The van der Waals surface area contributed by atoms with Gasteiger partial charge in [0.15, 0.2) is 10.3 Å². The first-order chi connectivity index (χ1) is 11.3. The molecule has 0 atom stereocenters. The van der Waals surface area contributed by atoms with Crippen LogP contribution in [0.15, 0.2) is 41.2 Å². The maximum absolute atomic E-state index is 6.27. The lowest BCUT2D eigenvalue weighted by molar-refractivity contribution is 0.651. The summed E-state index contributed by atoms with van der Waals surface area (Å²) < 4.78 is 0. The molecule has 0 unspecified atom stereocenters. The quantitative estimate of drug-likeness (QED) is 0.697. The maximum Gasteiger partial charge on any atom is 0.185 e. The van der Waals surface area contributed by atoms with Gasteiger partial charge in [-0.15, -0.1) is 22.7 Å². The Morgan fingerprint density at radius 2 is 1.70 bits per heavy atom. The van der Waals surface area contributed by atoms with Gasteiger partial charge in [-0.25, -0.2) is 9.97 Å². The largest absolute Gasteiger partial charge is 0.345 e. The lowest BCUT2D eigenvalue weighted by Gasteiger charge is -2.34. The lowest BCUT2D eigenvalue weighted by Crippen LogP contribution is -2.46. The molecule has 1 fully saturated rings. The summed E-state index contributed by atoms with van der Waals surface area (Å²) in [5, 5.41) is 7.04. The van der Waals surface area contributed by atoms with E-state index < -0.39 is 0 Å². The van der Waals surface area contributed by atoms with Crippen molar-refractivity contribution in [2.24, 2.45) is 0 Å². The molecule has 2 aromatic heterocycles. The monoisotopic (exact) mass is 362 g/mol. The number of piperazine rings is 1. The molecule has 1 aliphatic heterocycles. The zero-order valence-electron chi connectivity index (χ0n) is 12.4. The first kappa shape index (κ1) is 14.9. The molecule has 4 nitrogen and oxygen atoms in total. The molecule has 0 saturated carbocycles. The molecule has 1 aliphatic rings. The molecule has 0 aliphatic carbocycles. The van der Waals surface area contributed by atoms with Gasteiger partial charge in [0, 0.05) is 53.7 Å². The smallest absolute Gasteiger partial charge is 0.185 e. The molecule has 1 aromatic carbocycles. The maximum atomic E-state index is 6.27. The Morgan fingerprint density at radius 3 is 2.39 bits per heavy atom. The number of benzene rings is 1. The molecule has 0 radical (unpaired) electrons. The van der Waals surface area contributed by atoms with Crippen LogP contribution < -0.4 is 9.80 Å². The van der Waals surface area contributed by atoms with E-state index in [0.717, 1.165) is 52.7 Å². The zero-order chi connectivity index (χ0) is 15.6. The Bertz CT molecular complexity index is 779. The van der Waals surface area contributed by atoms with Gasteiger partial charge in [0.25, 0.3) is 0 Å². The van der Waals surface area contributed by atoms with Crippen LogP contribution in [0, 0.1) is 0 Å². The fourth-order valence-electron chi connectivity index (χ4n) is 2.66. The second-order valence-corrected chi connectivity index (χ2v) is 7.40. The van der Waals surface area contributed by atoms with Crippen molar-refractivity contribution < 1.29 is 0 Å². The van der Waals surface area contributed by atoms with E-state index in [-0.39, 0.29) is 0 Å². The number of rotatable bonds is 3. The third kappa shape index (κ3) is 3.06. The molecule has 0 N–H and O–H groups in total. The molecule has 4 rings (SSSR count). The topological polar surface area (TPSA) is 32.3 Å². The summed E-state index contributed by atoms with van der Waals surface area (Å²) in [5.74, 6) is 0. The summed E-state index contributed by atoms with van der Waals surface area (Å²) in [7, 11) is 0. The average molecular weight is 363 g/mol. The standard InChI is InChI=1S/C16H15ClN4S2/c17-13-4-2-1-3-12(13)14-11-23-16(19-14)21-8-6-20(7-9-21)15-18-5-10-22-15/h1-5,10-11H,6-9H2. The van der Waals surface area contributed by atoms with E-state index in [1.807, 2.05) is 35.8 Å². The fraction of sp³-hybridized carbons (Fsp3) is 0.250. The number of thiazole rings is 2. The minimum Gasteiger partial charge on any atom is -0.345 e. The Kier molecular flexibility index (Phi) is 4.20. The van der Waals surface area contributed by atoms with Crippen molar-refractivity contribution in [3.8, 4) is 11.3 Å². The predicted octanol–water partition coefficient (Wildman–Crippen LogP) is 4.25. The first-order valence-corrected chi connectivity index (χ1v) is 9.55. The van der Waals surface area contributed by atoms with Crippen LogP contribution in [0.5, 0.6) is 0 Å². The van der Waals surface area contributed by atoms with Gasteiger partial charge in [0.05, 0.1) is 5.69 Å². The van der Waals surface area contributed by atoms with E-state index in [0.29, 0.717) is 0 Å². The van der Waals surface area contributed by atoms with Crippen LogP contribution in [0.3, 0.4) is 0 Å². The van der Waals surface area contributed by atoms with Crippen LogP contribution in [-0.4, -0.2) is 36.1 Å². The molecule has 23 heavy (non-hydrogen) atoms. The Morgan fingerprint density at radius 1 is 0.957 bits per heavy atom. The number of anilines is 2. The van der Waals surface area contributed by atoms with Gasteiger partial charge >= 0.3 is 0 Å². The fourth-order valence-corrected chi connectivity index (χ4v) is 4.47. The molecule has 1 saturated heterocycles. The highest BCUT2D eigenvalue weighted by atomic mass is 35.5. The molecular formula is C16H15ClN4S2. The van der Waals surface area contributed by atoms with Crippen LogP contribution in [0.4, 0.5) is 10.3 Å². The van der Waals surface area contributed by atoms with E-state index in [1.165, 1.54) is 0 Å². The summed E-state index contributed by atoms with van der Waals surface area (Å²) in [6.07, 6.45) is 1.86. The average Bonchev–Trinajstić information content (AvgIpc) is 3.27. The normalized spacial score (nSPS) is 15.2. The van der Waals surface area contributed by atoms with Gasteiger partial charge in [-0.05, 0) is 6.07 Å². The lowest BCUT2D eigenvalue weighted by atomic mass is 10.2. The van der Waals surface area contributed by atoms with Gasteiger partial charge in [-0.1, -0.05) is 29.8 Å². The van der Waals surface area contributed by atoms with Crippen LogP contribution in [0.1, 0.15) is 0 Å². The van der Waals surface area contributed by atoms with Gasteiger partial charge in [0.2, 0.25) is 0 Å². The summed E-state index contributed by atoms with van der Waals surface area (Å²) in [4.78, 5) is 13.9. The SMILES string of the molecule is Clc1ccccc1-c1csc(N2CCN(c3nccs3)CC2)n1. The third-order valence-electron chi connectivity index (χ3n) is 3.88. The van der Waals surface area contributed by atoms with Crippen LogP contribution in [0.25, 0.3) is 11.3 Å². The van der Waals surface area contributed by atoms with Crippen LogP contribution >= 0.6 is 34.3 Å². The van der Waals surface area contributed by atoms with E-state index in [2.05, 4.69) is 20.2 Å². The highest BCUT2D eigenvalue weighted by molar-refractivity contribution is 7.14. The molecule has 3 aromatic rings. The highest BCUT2D eigenvalue weighted by Gasteiger charge is 2.21. The minimum atomic E-state index is 0.748. The van der Waals surface area contributed by atoms with Crippen molar-refractivity contribution in [2.75, 3.05) is 36.0 Å². The van der Waals surface area contributed by atoms with E-state index >= 15 is 0 Å². The predicted molar refractivity (Wildman–Crippen MR) is 99.1 cm³/mol. The van der Waals surface area contributed by atoms with E-state index in [1.54, 1.807) is 22.7 Å². The summed E-state index contributed by atoms with van der Waals surface area (Å²) >= 11 is 9.65. The van der Waals surface area contributed by atoms with Crippen LogP contribution in [0.2, 0.25) is 5.02 Å². The summed E-state index contributed by atoms with van der Waals surface area (Å²) in [6, 6.07) is 7.86. The molecule has 0 bridgehead atoms. The van der Waals surface area contributed by atoms with Gasteiger partial charge in [-0.2, -0.15) is 0 Å². The summed E-state index contributed by atoms with van der Waals surface area (Å²) in [5.41, 5.74) is 1.95. The van der Waals surface area contributed by atoms with Gasteiger partial charge in [-0.3, -0.25) is 0 Å². The van der Waals surface area contributed by atoms with Crippen molar-refractivity contribution in [3.63, 3.8) is 0 Å². The second kappa shape index (κ2) is 6.47. The highest BCUT2D eigenvalue weighted by Crippen LogP contribution is 2.32. The van der Waals surface area contributed by atoms with E-state index in [9.17, 15) is 0 Å². The van der Waals surface area contributed by atoms with Crippen molar-refractivity contribution in [1.82, 2.24) is 9.97 Å².